The van der Waals surface area contributed by atoms with Crippen molar-refractivity contribution in [2.75, 3.05) is 0 Å². The van der Waals surface area contributed by atoms with Gasteiger partial charge in [0.05, 0.1) is 0 Å². The highest BCUT2D eigenvalue weighted by Gasteiger charge is 2.60. The molecule has 4 aliphatic rings. The minimum atomic E-state index is -0.590. The van der Waals surface area contributed by atoms with Gasteiger partial charge in [-0.15, -0.1) is 0 Å². The summed E-state index contributed by atoms with van der Waals surface area (Å²) in [5, 5.41) is 8.96. The summed E-state index contributed by atoms with van der Waals surface area (Å²) >= 11 is 0. The number of hydrogen-bond acceptors (Lipinski definition) is 1. The van der Waals surface area contributed by atoms with Crippen LogP contribution in [0.25, 0.3) is 0 Å². The Balaban J connectivity index is 1.61. The lowest BCUT2D eigenvalue weighted by Gasteiger charge is -2.36. The summed E-state index contributed by atoms with van der Waals surface area (Å²) in [6.07, 6.45) is 9.20. The molecule has 0 spiro atoms. The van der Waals surface area contributed by atoms with Crippen LogP contribution in [0.5, 0.6) is 0 Å². The second kappa shape index (κ2) is 2.91. The SMILES string of the molecule is O=C(O)CC1CC2CC1C1C3C=CC(C3)C21. The van der Waals surface area contributed by atoms with Crippen LogP contribution < -0.4 is 0 Å². The maximum absolute atomic E-state index is 10.9. The van der Waals surface area contributed by atoms with E-state index in [1.54, 1.807) is 0 Å². The van der Waals surface area contributed by atoms with Gasteiger partial charge in [0.1, 0.15) is 0 Å². The molecule has 2 heteroatoms. The molecule has 4 bridgehead atoms. The third-order valence-electron chi connectivity index (χ3n) is 5.84. The Labute approximate surface area is 95.7 Å². The second-order valence-corrected chi connectivity index (χ2v) is 6.36. The monoisotopic (exact) mass is 218 g/mol. The van der Waals surface area contributed by atoms with Gasteiger partial charge >= 0.3 is 5.97 Å². The van der Waals surface area contributed by atoms with Crippen LogP contribution in [0.15, 0.2) is 12.2 Å². The second-order valence-electron chi connectivity index (χ2n) is 6.36. The van der Waals surface area contributed by atoms with E-state index >= 15 is 0 Å². The minimum Gasteiger partial charge on any atom is -0.481 e. The number of aliphatic carboxylic acids is 1. The summed E-state index contributed by atoms with van der Waals surface area (Å²) in [6, 6.07) is 0. The van der Waals surface area contributed by atoms with Crippen molar-refractivity contribution in [1.29, 1.82) is 0 Å². The van der Waals surface area contributed by atoms with E-state index in [0.717, 1.165) is 35.5 Å². The Hall–Kier alpha value is -0.790. The summed E-state index contributed by atoms with van der Waals surface area (Å²) in [7, 11) is 0. The molecular weight excluding hydrogens is 200 g/mol. The highest BCUT2D eigenvalue weighted by atomic mass is 16.4. The van der Waals surface area contributed by atoms with E-state index in [1.807, 2.05) is 0 Å². The molecule has 0 amide bonds. The molecule has 0 aromatic rings. The number of carboxylic acids is 1. The van der Waals surface area contributed by atoms with Gasteiger partial charge in [-0.2, -0.15) is 0 Å². The first-order valence-corrected chi connectivity index (χ1v) is 6.64. The van der Waals surface area contributed by atoms with Gasteiger partial charge in [-0.3, -0.25) is 4.79 Å². The fourth-order valence-electron chi connectivity index (χ4n) is 5.61. The molecule has 3 saturated carbocycles. The molecule has 0 aromatic carbocycles. The molecule has 86 valence electrons. The largest absolute Gasteiger partial charge is 0.481 e. The van der Waals surface area contributed by atoms with E-state index < -0.39 is 5.97 Å². The van der Waals surface area contributed by atoms with Crippen LogP contribution in [0.4, 0.5) is 0 Å². The van der Waals surface area contributed by atoms with Crippen LogP contribution in [0.2, 0.25) is 0 Å². The van der Waals surface area contributed by atoms with Crippen LogP contribution in [-0.4, -0.2) is 11.1 Å². The van der Waals surface area contributed by atoms with Crippen molar-refractivity contribution < 1.29 is 9.90 Å². The van der Waals surface area contributed by atoms with Gasteiger partial charge in [0, 0.05) is 6.42 Å². The number of hydrogen-bond donors (Lipinski definition) is 1. The van der Waals surface area contributed by atoms with Crippen molar-refractivity contribution in [3.05, 3.63) is 12.2 Å². The lowest BCUT2D eigenvalue weighted by Crippen LogP contribution is -2.31. The molecule has 0 radical (unpaired) electrons. The summed E-state index contributed by atoms with van der Waals surface area (Å²) in [6.45, 7) is 0. The first-order chi connectivity index (χ1) is 7.74. The zero-order valence-corrected chi connectivity index (χ0v) is 9.38. The van der Waals surface area contributed by atoms with Gasteiger partial charge in [0.2, 0.25) is 0 Å². The fourth-order valence-corrected chi connectivity index (χ4v) is 5.61. The molecule has 7 unspecified atom stereocenters. The molecular formula is C14H18O2. The standard InChI is InChI=1S/C14H18O2/c15-12(16)6-9-4-10-5-11(9)14-8-2-1-7(3-8)13(10)14/h1-2,7-11,13-14H,3-6H2,(H,15,16). The Morgan fingerprint density at radius 2 is 1.88 bits per heavy atom. The summed E-state index contributed by atoms with van der Waals surface area (Å²) < 4.78 is 0. The van der Waals surface area contributed by atoms with Gasteiger partial charge in [0.25, 0.3) is 0 Å². The smallest absolute Gasteiger partial charge is 0.303 e. The minimum absolute atomic E-state index is 0.422. The Morgan fingerprint density at radius 3 is 2.62 bits per heavy atom. The molecule has 0 aliphatic heterocycles. The zero-order valence-electron chi connectivity index (χ0n) is 9.38. The van der Waals surface area contributed by atoms with Crippen LogP contribution in [0.3, 0.4) is 0 Å². The highest BCUT2D eigenvalue weighted by Crippen LogP contribution is 2.67. The first kappa shape index (κ1) is 9.26. The molecule has 16 heavy (non-hydrogen) atoms. The first-order valence-electron chi connectivity index (χ1n) is 6.64. The third-order valence-corrected chi connectivity index (χ3v) is 5.84. The van der Waals surface area contributed by atoms with Crippen LogP contribution in [0, 0.1) is 41.4 Å². The average Bonchev–Trinajstić information content (AvgIpc) is 2.93. The number of rotatable bonds is 2. The molecule has 0 saturated heterocycles. The molecule has 0 aromatic heterocycles. The van der Waals surface area contributed by atoms with E-state index in [1.165, 1.54) is 19.3 Å². The Morgan fingerprint density at radius 1 is 1.12 bits per heavy atom. The maximum atomic E-state index is 10.9. The van der Waals surface area contributed by atoms with Crippen molar-refractivity contribution in [1.82, 2.24) is 0 Å². The van der Waals surface area contributed by atoms with Crippen LogP contribution in [-0.2, 0) is 4.79 Å². The third kappa shape index (κ3) is 1.01. The topological polar surface area (TPSA) is 37.3 Å². The van der Waals surface area contributed by atoms with Crippen molar-refractivity contribution in [2.24, 2.45) is 41.4 Å². The molecule has 3 fully saturated rings. The Kier molecular flexibility index (Phi) is 1.68. The maximum Gasteiger partial charge on any atom is 0.303 e. The van der Waals surface area contributed by atoms with Crippen molar-refractivity contribution in [3.63, 3.8) is 0 Å². The van der Waals surface area contributed by atoms with E-state index in [4.69, 9.17) is 5.11 Å². The summed E-state index contributed by atoms with van der Waals surface area (Å²) in [4.78, 5) is 10.9. The number of allylic oxidation sites excluding steroid dienone is 2. The van der Waals surface area contributed by atoms with Crippen molar-refractivity contribution in [2.45, 2.75) is 25.7 Å². The number of fused-ring (bicyclic) bond motifs is 9. The molecule has 4 rings (SSSR count). The highest BCUT2D eigenvalue weighted by molar-refractivity contribution is 5.67. The zero-order chi connectivity index (χ0) is 10.9. The van der Waals surface area contributed by atoms with E-state index in [-0.39, 0.29) is 0 Å². The predicted molar refractivity (Wildman–Crippen MR) is 59.7 cm³/mol. The van der Waals surface area contributed by atoms with Gasteiger partial charge in [-0.25, -0.2) is 0 Å². The molecule has 0 heterocycles. The van der Waals surface area contributed by atoms with Gasteiger partial charge in [-0.05, 0) is 60.7 Å². The molecule has 7 atom stereocenters. The van der Waals surface area contributed by atoms with Gasteiger partial charge in [0.15, 0.2) is 0 Å². The fraction of sp³-hybridized carbons (Fsp3) is 0.786. The van der Waals surface area contributed by atoms with E-state index in [0.29, 0.717) is 12.3 Å². The predicted octanol–water partition coefficient (Wildman–Crippen LogP) is 2.56. The quantitative estimate of drug-likeness (QED) is 0.571. The molecule has 1 N–H and O–H groups in total. The van der Waals surface area contributed by atoms with Crippen LogP contribution >= 0.6 is 0 Å². The van der Waals surface area contributed by atoms with Crippen LogP contribution in [0.1, 0.15) is 25.7 Å². The van der Waals surface area contributed by atoms with Gasteiger partial charge in [-0.1, -0.05) is 12.2 Å². The Bertz CT molecular complexity index is 373. The number of carboxylic acid groups (broad SMARTS) is 1. The lowest BCUT2D eigenvalue weighted by molar-refractivity contribution is -0.138. The van der Waals surface area contributed by atoms with E-state index in [2.05, 4.69) is 12.2 Å². The average molecular weight is 218 g/mol. The molecule has 2 nitrogen and oxygen atoms in total. The lowest BCUT2D eigenvalue weighted by atomic mass is 9.69. The normalized spacial score (nSPS) is 55.9. The number of carbonyl (C=O) groups is 1. The van der Waals surface area contributed by atoms with Gasteiger partial charge < -0.3 is 5.11 Å². The van der Waals surface area contributed by atoms with Crippen molar-refractivity contribution in [3.8, 4) is 0 Å². The summed E-state index contributed by atoms with van der Waals surface area (Å²) in [5.74, 6) is 4.97. The van der Waals surface area contributed by atoms with Crippen molar-refractivity contribution >= 4 is 5.97 Å². The summed E-state index contributed by atoms with van der Waals surface area (Å²) in [5.41, 5.74) is 0. The van der Waals surface area contributed by atoms with E-state index in [9.17, 15) is 4.79 Å². The molecule has 4 aliphatic carbocycles.